The molecule has 27 heavy (non-hydrogen) atoms. The highest BCUT2D eigenvalue weighted by Crippen LogP contribution is 2.38. The van der Waals surface area contributed by atoms with Crippen LogP contribution < -0.4 is 5.32 Å². The van der Waals surface area contributed by atoms with Gasteiger partial charge >= 0.3 is 12.0 Å². The molecule has 146 valence electrons. The molecule has 1 aromatic heterocycles. The third-order valence-electron chi connectivity index (χ3n) is 5.40. The highest BCUT2D eigenvalue weighted by atomic mass is 32.1. The summed E-state index contributed by atoms with van der Waals surface area (Å²) in [4.78, 5) is 50.6. The number of nitrogens with one attached hydrogen (secondary N) is 1. The number of carbonyl (C=O) groups excluding carboxylic acids is 4. The molecule has 1 N–H and O–H groups in total. The quantitative estimate of drug-likeness (QED) is 0.333. The normalized spacial score (nSPS) is 24.9. The molecular weight excluding hydrogens is 368 g/mol. The van der Waals surface area contributed by atoms with Crippen molar-refractivity contribution in [3.8, 4) is 0 Å². The van der Waals surface area contributed by atoms with E-state index in [2.05, 4.69) is 5.32 Å². The summed E-state index contributed by atoms with van der Waals surface area (Å²) in [6.45, 7) is 1.66. The van der Waals surface area contributed by atoms with E-state index in [0.717, 1.165) is 24.2 Å². The maximum atomic E-state index is 12.8. The zero-order chi connectivity index (χ0) is 19.4. The van der Waals surface area contributed by atoms with Gasteiger partial charge in [0.2, 0.25) is 0 Å². The first-order chi connectivity index (χ1) is 12.9. The summed E-state index contributed by atoms with van der Waals surface area (Å²) < 4.78 is 5.11. The van der Waals surface area contributed by atoms with Crippen molar-refractivity contribution in [3.63, 3.8) is 0 Å². The summed E-state index contributed by atoms with van der Waals surface area (Å²) in [5, 5.41) is 4.65. The topological polar surface area (TPSA) is 92.8 Å². The van der Waals surface area contributed by atoms with Gasteiger partial charge in [0.1, 0.15) is 12.1 Å². The fourth-order valence-electron chi connectivity index (χ4n) is 3.79. The van der Waals surface area contributed by atoms with Crippen molar-refractivity contribution < 1.29 is 23.9 Å². The number of hydrogen-bond acceptors (Lipinski definition) is 6. The predicted molar refractivity (Wildman–Crippen MR) is 99.5 cm³/mol. The Morgan fingerprint density at radius 3 is 2.89 bits per heavy atom. The Morgan fingerprint density at radius 2 is 2.19 bits per heavy atom. The minimum Gasteiger partial charge on any atom is -0.464 e. The van der Waals surface area contributed by atoms with Crippen LogP contribution in [0.15, 0.2) is 17.5 Å². The van der Waals surface area contributed by atoms with Crippen LogP contribution in [0.3, 0.4) is 0 Å². The lowest BCUT2D eigenvalue weighted by Crippen LogP contribution is -2.54. The molecule has 0 radical (unpaired) electrons. The first kappa shape index (κ1) is 19.5. The second-order valence-electron chi connectivity index (χ2n) is 7.16. The van der Waals surface area contributed by atoms with Crippen LogP contribution in [0.5, 0.6) is 0 Å². The number of esters is 1. The molecule has 1 saturated heterocycles. The van der Waals surface area contributed by atoms with Gasteiger partial charge in [-0.3, -0.25) is 19.3 Å². The van der Waals surface area contributed by atoms with Crippen molar-refractivity contribution in [3.05, 3.63) is 22.4 Å². The average Bonchev–Trinajstić information content (AvgIpc) is 3.25. The van der Waals surface area contributed by atoms with Crippen LogP contribution in [0.4, 0.5) is 4.79 Å². The van der Waals surface area contributed by atoms with Gasteiger partial charge in [-0.05, 0) is 36.6 Å². The number of imide groups is 1. The Morgan fingerprint density at radius 1 is 1.37 bits per heavy atom. The molecule has 1 aliphatic heterocycles. The lowest BCUT2D eigenvalue weighted by molar-refractivity contribution is -0.148. The van der Waals surface area contributed by atoms with E-state index in [4.69, 9.17) is 4.74 Å². The monoisotopic (exact) mass is 392 g/mol. The van der Waals surface area contributed by atoms with Gasteiger partial charge in [-0.2, -0.15) is 0 Å². The molecule has 1 spiro atoms. The first-order valence-corrected chi connectivity index (χ1v) is 10.2. The maximum Gasteiger partial charge on any atom is 0.326 e. The molecular formula is C19H24N2O5S. The molecule has 3 rings (SSSR count). The molecule has 2 aliphatic rings. The van der Waals surface area contributed by atoms with Crippen LogP contribution in [-0.4, -0.2) is 47.3 Å². The van der Waals surface area contributed by atoms with Crippen LogP contribution >= 0.6 is 11.3 Å². The molecule has 2 atom stereocenters. The van der Waals surface area contributed by atoms with Crippen molar-refractivity contribution >= 4 is 35.0 Å². The van der Waals surface area contributed by atoms with Gasteiger partial charge in [-0.25, -0.2) is 4.79 Å². The van der Waals surface area contributed by atoms with Crippen molar-refractivity contribution in [1.29, 1.82) is 0 Å². The largest absolute Gasteiger partial charge is 0.464 e. The Hall–Kier alpha value is -2.22. The number of Topliss-reactive ketones (excluding diaryl/α,β-unsaturated/α-hetero) is 1. The van der Waals surface area contributed by atoms with E-state index in [1.807, 2.05) is 18.4 Å². The molecule has 2 fully saturated rings. The Bertz CT molecular complexity index is 732. The molecule has 0 aromatic carbocycles. The van der Waals surface area contributed by atoms with E-state index in [0.29, 0.717) is 17.7 Å². The summed E-state index contributed by atoms with van der Waals surface area (Å²) in [6.07, 6.45) is 4.10. The third kappa shape index (κ3) is 4.05. The lowest BCUT2D eigenvalue weighted by Gasteiger charge is -2.36. The molecule has 0 bridgehead atoms. The summed E-state index contributed by atoms with van der Waals surface area (Å²) in [7, 11) is 0. The van der Waals surface area contributed by atoms with Gasteiger partial charge in [-0.15, -0.1) is 11.3 Å². The molecule has 0 unspecified atom stereocenters. The standard InChI is InChI=1S/C19H24N2O5S/c1-13-6-2-3-9-19(13)17(24)21(18(25)20-19)12-16(23)26-10-4-7-14(22)15-8-5-11-27-15/h5,8,11,13H,2-4,6-7,9-10,12H2,1H3,(H,20,25)/t13-,19-/m1/s1. The number of hydrogen-bond donors (Lipinski definition) is 1. The zero-order valence-electron chi connectivity index (χ0n) is 15.4. The highest BCUT2D eigenvalue weighted by molar-refractivity contribution is 7.12. The summed E-state index contributed by atoms with van der Waals surface area (Å²) >= 11 is 1.38. The molecule has 1 aromatic rings. The lowest BCUT2D eigenvalue weighted by atomic mass is 9.73. The summed E-state index contributed by atoms with van der Waals surface area (Å²) in [6, 6.07) is 3.05. The highest BCUT2D eigenvalue weighted by Gasteiger charge is 2.55. The number of ketones is 1. The van der Waals surface area contributed by atoms with Gasteiger partial charge in [-0.1, -0.05) is 25.8 Å². The Kier molecular flexibility index (Phi) is 5.94. The first-order valence-electron chi connectivity index (χ1n) is 9.30. The van der Waals surface area contributed by atoms with Gasteiger partial charge < -0.3 is 10.1 Å². The number of thiophene rings is 1. The van der Waals surface area contributed by atoms with Crippen LogP contribution in [0.1, 0.15) is 55.1 Å². The number of nitrogens with zero attached hydrogens (tertiary/aromatic N) is 1. The van der Waals surface area contributed by atoms with Gasteiger partial charge in [0.25, 0.3) is 5.91 Å². The molecule has 2 heterocycles. The number of urea groups is 1. The average molecular weight is 392 g/mol. The van der Waals surface area contributed by atoms with Gasteiger partial charge in [0, 0.05) is 6.42 Å². The SMILES string of the molecule is C[C@@H]1CCCC[C@@]12NC(=O)N(CC(=O)OCCCC(=O)c1cccs1)C2=O. The predicted octanol–water partition coefficient (Wildman–Crippen LogP) is 2.75. The molecule has 1 aliphatic carbocycles. The molecule has 8 heteroatoms. The zero-order valence-corrected chi connectivity index (χ0v) is 16.2. The van der Waals surface area contributed by atoms with E-state index in [1.54, 1.807) is 6.07 Å². The van der Waals surface area contributed by atoms with Gasteiger partial charge in [0.15, 0.2) is 5.78 Å². The minimum absolute atomic E-state index is 0.0170. The number of rotatable bonds is 7. The fourth-order valence-corrected chi connectivity index (χ4v) is 4.49. The van der Waals surface area contributed by atoms with Crippen LogP contribution in [0.25, 0.3) is 0 Å². The Balaban J connectivity index is 1.46. The molecule has 1 saturated carbocycles. The van der Waals surface area contributed by atoms with E-state index in [9.17, 15) is 19.2 Å². The van der Waals surface area contributed by atoms with E-state index in [-0.39, 0.29) is 30.6 Å². The van der Waals surface area contributed by atoms with Crippen LogP contribution in [0, 0.1) is 5.92 Å². The van der Waals surface area contributed by atoms with Crippen LogP contribution in [0.2, 0.25) is 0 Å². The van der Waals surface area contributed by atoms with Crippen molar-refractivity contribution in [2.24, 2.45) is 5.92 Å². The Labute approximate surface area is 162 Å². The third-order valence-corrected chi connectivity index (χ3v) is 6.31. The van der Waals surface area contributed by atoms with Crippen molar-refractivity contribution in [2.45, 2.75) is 51.0 Å². The second kappa shape index (κ2) is 8.21. The fraction of sp³-hybridized carbons (Fsp3) is 0.579. The summed E-state index contributed by atoms with van der Waals surface area (Å²) in [5.41, 5.74) is -0.872. The number of carbonyl (C=O) groups is 4. The van der Waals surface area contributed by atoms with Gasteiger partial charge in [0.05, 0.1) is 11.5 Å². The molecule has 3 amide bonds. The van der Waals surface area contributed by atoms with Crippen LogP contribution in [-0.2, 0) is 14.3 Å². The smallest absolute Gasteiger partial charge is 0.326 e. The maximum absolute atomic E-state index is 12.8. The van der Waals surface area contributed by atoms with E-state index in [1.165, 1.54) is 11.3 Å². The number of ether oxygens (including phenoxy) is 1. The van der Waals surface area contributed by atoms with Crippen molar-refractivity contribution in [2.75, 3.05) is 13.2 Å². The van der Waals surface area contributed by atoms with E-state index < -0.39 is 24.1 Å². The molecule has 7 nitrogen and oxygen atoms in total. The van der Waals surface area contributed by atoms with Crippen molar-refractivity contribution in [1.82, 2.24) is 10.2 Å². The summed E-state index contributed by atoms with van der Waals surface area (Å²) in [5.74, 6) is -0.900. The minimum atomic E-state index is -0.872. The second-order valence-corrected chi connectivity index (χ2v) is 8.11. The van der Waals surface area contributed by atoms with E-state index >= 15 is 0 Å². The number of amides is 3.